The predicted molar refractivity (Wildman–Crippen MR) is 73.2 cm³/mol. The SMILES string of the molecule is COc1nc(OC)nc(N(C)C2CCCCC2Cl)n1. The van der Waals surface area contributed by atoms with E-state index in [4.69, 9.17) is 21.1 Å². The highest BCUT2D eigenvalue weighted by Gasteiger charge is 2.28. The van der Waals surface area contributed by atoms with E-state index in [1.54, 1.807) is 0 Å². The maximum Gasteiger partial charge on any atom is 0.324 e. The van der Waals surface area contributed by atoms with E-state index in [2.05, 4.69) is 15.0 Å². The Labute approximate surface area is 118 Å². The van der Waals surface area contributed by atoms with E-state index in [0.717, 1.165) is 12.8 Å². The Morgan fingerprint density at radius 1 is 1.05 bits per heavy atom. The summed E-state index contributed by atoms with van der Waals surface area (Å²) in [4.78, 5) is 14.5. The van der Waals surface area contributed by atoms with Gasteiger partial charge in [0.05, 0.1) is 19.6 Å². The summed E-state index contributed by atoms with van der Waals surface area (Å²) in [5.41, 5.74) is 0. The molecule has 0 aliphatic heterocycles. The number of rotatable bonds is 4. The standard InChI is InChI=1S/C12H19ClN4O2/c1-17(9-7-5-4-6-8(9)13)10-14-11(18-2)16-12(15-10)19-3/h8-9H,4-7H2,1-3H3. The van der Waals surface area contributed by atoms with Gasteiger partial charge in [0.15, 0.2) is 0 Å². The van der Waals surface area contributed by atoms with Crippen molar-refractivity contribution in [3.63, 3.8) is 0 Å². The van der Waals surface area contributed by atoms with Crippen LogP contribution in [-0.4, -0.2) is 47.6 Å². The van der Waals surface area contributed by atoms with Crippen LogP contribution >= 0.6 is 11.6 Å². The van der Waals surface area contributed by atoms with E-state index in [0.29, 0.717) is 5.95 Å². The molecule has 0 bridgehead atoms. The molecule has 1 aliphatic rings. The van der Waals surface area contributed by atoms with Gasteiger partial charge in [-0.1, -0.05) is 12.8 Å². The third kappa shape index (κ3) is 3.18. The lowest BCUT2D eigenvalue weighted by Gasteiger charge is -2.34. The first-order chi connectivity index (χ1) is 9.15. The summed E-state index contributed by atoms with van der Waals surface area (Å²) < 4.78 is 10.1. The van der Waals surface area contributed by atoms with E-state index in [9.17, 15) is 0 Å². The minimum Gasteiger partial charge on any atom is -0.467 e. The zero-order valence-corrected chi connectivity index (χ0v) is 12.2. The molecule has 0 aromatic carbocycles. The van der Waals surface area contributed by atoms with Crippen molar-refractivity contribution >= 4 is 17.5 Å². The highest BCUT2D eigenvalue weighted by atomic mass is 35.5. The van der Waals surface area contributed by atoms with Crippen molar-refractivity contribution in [1.29, 1.82) is 0 Å². The molecule has 1 saturated carbocycles. The smallest absolute Gasteiger partial charge is 0.324 e. The van der Waals surface area contributed by atoms with Crippen LogP contribution in [0.1, 0.15) is 25.7 Å². The molecular weight excluding hydrogens is 268 g/mol. The number of halogens is 1. The Hall–Kier alpha value is -1.30. The second-order valence-corrected chi connectivity index (χ2v) is 5.15. The minimum absolute atomic E-state index is 0.118. The van der Waals surface area contributed by atoms with Crippen LogP contribution in [0.3, 0.4) is 0 Å². The Balaban J connectivity index is 2.24. The average Bonchev–Trinajstić information content (AvgIpc) is 2.46. The number of hydrogen-bond donors (Lipinski definition) is 0. The van der Waals surface area contributed by atoms with E-state index < -0.39 is 0 Å². The van der Waals surface area contributed by atoms with Crippen LogP contribution in [0, 0.1) is 0 Å². The molecule has 0 saturated heterocycles. The van der Waals surface area contributed by atoms with Gasteiger partial charge in [0, 0.05) is 13.1 Å². The molecule has 1 aromatic heterocycles. The van der Waals surface area contributed by atoms with Gasteiger partial charge in [-0.15, -0.1) is 16.6 Å². The molecule has 1 aromatic rings. The number of ether oxygens (including phenoxy) is 2. The van der Waals surface area contributed by atoms with Gasteiger partial charge in [-0.05, 0) is 12.8 Å². The zero-order chi connectivity index (χ0) is 13.8. The molecule has 2 rings (SSSR count). The van der Waals surface area contributed by atoms with Crippen LogP contribution < -0.4 is 14.4 Å². The van der Waals surface area contributed by atoms with Crippen LogP contribution in [0.5, 0.6) is 12.0 Å². The molecule has 0 radical (unpaired) electrons. The molecule has 19 heavy (non-hydrogen) atoms. The van der Waals surface area contributed by atoms with Crippen LogP contribution in [0.2, 0.25) is 0 Å². The van der Waals surface area contributed by atoms with Gasteiger partial charge in [0.25, 0.3) is 0 Å². The summed E-state index contributed by atoms with van der Waals surface area (Å²) in [6.07, 6.45) is 4.43. The van der Waals surface area contributed by atoms with Crippen LogP contribution in [0.15, 0.2) is 0 Å². The predicted octanol–water partition coefficient (Wildman–Crippen LogP) is 1.87. The van der Waals surface area contributed by atoms with Crippen LogP contribution in [-0.2, 0) is 0 Å². The Kier molecular flexibility index (Phi) is 4.63. The van der Waals surface area contributed by atoms with E-state index in [1.807, 2.05) is 11.9 Å². The van der Waals surface area contributed by atoms with Gasteiger partial charge in [0.2, 0.25) is 5.95 Å². The first kappa shape index (κ1) is 14.1. The number of nitrogens with zero attached hydrogens (tertiary/aromatic N) is 4. The summed E-state index contributed by atoms with van der Waals surface area (Å²) in [5.74, 6) is 0.529. The number of anilines is 1. The lowest BCUT2D eigenvalue weighted by atomic mass is 9.94. The van der Waals surface area contributed by atoms with Crippen molar-refractivity contribution < 1.29 is 9.47 Å². The molecule has 1 aliphatic carbocycles. The van der Waals surface area contributed by atoms with E-state index in [-0.39, 0.29) is 23.4 Å². The molecule has 6 nitrogen and oxygen atoms in total. The van der Waals surface area contributed by atoms with Crippen molar-refractivity contribution in [2.75, 3.05) is 26.2 Å². The Bertz CT molecular complexity index is 410. The third-order valence-corrected chi connectivity index (χ3v) is 3.92. The highest BCUT2D eigenvalue weighted by Crippen LogP contribution is 2.29. The average molecular weight is 287 g/mol. The molecule has 0 amide bonds. The molecule has 0 spiro atoms. The quantitative estimate of drug-likeness (QED) is 0.788. The number of alkyl halides is 1. The number of hydrogen-bond acceptors (Lipinski definition) is 6. The minimum atomic E-state index is 0.118. The first-order valence-electron chi connectivity index (χ1n) is 6.36. The summed E-state index contributed by atoms with van der Waals surface area (Å²) in [6.45, 7) is 0. The van der Waals surface area contributed by atoms with Crippen molar-refractivity contribution in [3.05, 3.63) is 0 Å². The van der Waals surface area contributed by atoms with Gasteiger partial charge < -0.3 is 14.4 Å². The van der Waals surface area contributed by atoms with E-state index in [1.165, 1.54) is 27.1 Å². The molecule has 0 N–H and O–H groups in total. The van der Waals surface area contributed by atoms with Gasteiger partial charge >= 0.3 is 12.0 Å². The summed E-state index contributed by atoms with van der Waals surface area (Å²) in [6, 6.07) is 0.721. The Morgan fingerprint density at radius 2 is 1.63 bits per heavy atom. The van der Waals surface area contributed by atoms with Crippen LogP contribution in [0.25, 0.3) is 0 Å². The van der Waals surface area contributed by atoms with Gasteiger partial charge in [-0.25, -0.2) is 0 Å². The van der Waals surface area contributed by atoms with Crippen molar-refractivity contribution in [1.82, 2.24) is 15.0 Å². The highest BCUT2D eigenvalue weighted by molar-refractivity contribution is 6.21. The fourth-order valence-electron chi connectivity index (χ4n) is 2.32. The normalized spacial score (nSPS) is 22.9. The second kappa shape index (κ2) is 6.23. The Morgan fingerprint density at radius 3 is 2.16 bits per heavy atom. The van der Waals surface area contributed by atoms with Crippen molar-refractivity contribution in [3.8, 4) is 12.0 Å². The zero-order valence-electron chi connectivity index (χ0n) is 11.5. The summed E-state index contributed by atoms with van der Waals surface area (Å²) in [5, 5.41) is 0.118. The monoisotopic (exact) mass is 286 g/mol. The molecule has 1 fully saturated rings. The molecule has 2 atom stereocenters. The van der Waals surface area contributed by atoms with Crippen LogP contribution in [0.4, 0.5) is 5.95 Å². The molecule has 1 heterocycles. The van der Waals surface area contributed by atoms with E-state index >= 15 is 0 Å². The molecule has 106 valence electrons. The third-order valence-electron chi connectivity index (χ3n) is 3.41. The van der Waals surface area contributed by atoms with Gasteiger partial charge in [0.1, 0.15) is 0 Å². The lowest BCUT2D eigenvalue weighted by Crippen LogP contribution is -2.41. The number of methoxy groups -OCH3 is 2. The van der Waals surface area contributed by atoms with Gasteiger partial charge in [-0.3, -0.25) is 0 Å². The largest absolute Gasteiger partial charge is 0.467 e. The summed E-state index contributed by atoms with van der Waals surface area (Å²) >= 11 is 6.40. The second-order valence-electron chi connectivity index (χ2n) is 4.59. The fraction of sp³-hybridized carbons (Fsp3) is 0.750. The topological polar surface area (TPSA) is 60.4 Å². The first-order valence-corrected chi connectivity index (χ1v) is 6.80. The van der Waals surface area contributed by atoms with Crippen molar-refractivity contribution in [2.24, 2.45) is 0 Å². The molecule has 7 heteroatoms. The maximum atomic E-state index is 6.40. The number of aromatic nitrogens is 3. The van der Waals surface area contributed by atoms with Crippen molar-refractivity contribution in [2.45, 2.75) is 37.1 Å². The molecular formula is C12H19ClN4O2. The summed E-state index contributed by atoms with van der Waals surface area (Å²) in [7, 11) is 4.98. The lowest BCUT2D eigenvalue weighted by molar-refractivity contribution is 0.338. The maximum absolute atomic E-state index is 6.40. The van der Waals surface area contributed by atoms with Gasteiger partial charge in [-0.2, -0.15) is 9.97 Å². The molecule has 2 unspecified atom stereocenters. The fourth-order valence-corrected chi connectivity index (χ4v) is 2.77.